The second kappa shape index (κ2) is 6.64. The molecular weight excluding hydrogens is 334 g/mol. The fourth-order valence-corrected chi connectivity index (χ4v) is 2.37. The lowest BCUT2D eigenvalue weighted by Crippen LogP contribution is -2.41. The summed E-state index contributed by atoms with van der Waals surface area (Å²) in [6.07, 6.45) is 0. The highest BCUT2D eigenvalue weighted by molar-refractivity contribution is 7.80. The van der Waals surface area contributed by atoms with Gasteiger partial charge in [0, 0.05) is 16.7 Å². The third-order valence-corrected chi connectivity index (χ3v) is 3.78. The lowest BCUT2D eigenvalue weighted by atomic mass is 9.96. The van der Waals surface area contributed by atoms with E-state index in [0.29, 0.717) is 17.0 Å². The second-order valence-electron chi connectivity index (χ2n) is 6.73. The molecule has 3 rings (SSSR count). The molecule has 0 aliphatic heterocycles. The van der Waals surface area contributed by atoms with Crippen LogP contribution < -0.4 is 10.6 Å². The van der Waals surface area contributed by atoms with Crippen molar-refractivity contribution < 1.29 is 9.21 Å². The van der Waals surface area contributed by atoms with E-state index in [-0.39, 0.29) is 11.0 Å². The summed E-state index contributed by atoms with van der Waals surface area (Å²) in [5.74, 6) is 0.426. The molecule has 6 heteroatoms. The molecule has 0 bridgehead atoms. The van der Waals surface area contributed by atoms with Crippen LogP contribution in [-0.4, -0.2) is 16.0 Å². The van der Waals surface area contributed by atoms with Crippen LogP contribution in [-0.2, 0) is 4.79 Å². The summed E-state index contributed by atoms with van der Waals surface area (Å²) in [4.78, 5) is 16.5. The Morgan fingerprint density at radius 1 is 1.12 bits per heavy atom. The molecule has 0 unspecified atom stereocenters. The van der Waals surface area contributed by atoms with Crippen LogP contribution in [0, 0.1) is 5.41 Å². The Morgan fingerprint density at radius 2 is 1.84 bits per heavy atom. The number of nitrogens with one attached hydrogen (secondary N) is 2. The monoisotopic (exact) mass is 353 g/mol. The number of benzene rings is 2. The van der Waals surface area contributed by atoms with Gasteiger partial charge in [-0.2, -0.15) is 0 Å². The number of carbonyl (C=O) groups is 1. The van der Waals surface area contributed by atoms with Crippen molar-refractivity contribution in [2.24, 2.45) is 5.41 Å². The fraction of sp³-hybridized carbons (Fsp3) is 0.211. The van der Waals surface area contributed by atoms with Crippen LogP contribution in [0.15, 0.2) is 52.9 Å². The SMILES string of the molecule is CC(C)(C)C(=O)NC(=S)Nc1ccc2oc(-c3ccccc3)nc2c1. The van der Waals surface area contributed by atoms with E-state index in [9.17, 15) is 4.79 Å². The van der Waals surface area contributed by atoms with E-state index in [1.54, 1.807) is 0 Å². The Bertz CT molecular complexity index is 927. The fourth-order valence-electron chi connectivity index (χ4n) is 2.16. The maximum Gasteiger partial charge on any atom is 0.231 e. The average molecular weight is 353 g/mol. The van der Waals surface area contributed by atoms with Crippen molar-refractivity contribution in [3.63, 3.8) is 0 Å². The summed E-state index contributed by atoms with van der Waals surface area (Å²) in [7, 11) is 0. The molecule has 0 saturated heterocycles. The number of oxazole rings is 1. The van der Waals surface area contributed by atoms with Gasteiger partial charge in [0.2, 0.25) is 11.8 Å². The van der Waals surface area contributed by atoms with E-state index in [0.717, 1.165) is 11.3 Å². The Kier molecular flexibility index (Phi) is 4.55. The van der Waals surface area contributed by atoms with Crippen molar-refractivity contribution in [3.05, 3.63) is 48.5 Å². The minimum atomic E-state index is -0.508. The Labute approximate surface area is 151 Å². The molecule has 0 fully saturated rings. The van der Waals surface area contributed by atoms with Crippen molar-refractivity contribution >= 4 is 40.0 Å². The molecule has 1 heterocycles. The summed E-state index contributed by atoms with van der Waals surface area (Å²) in [5, 5.41) is 5.94. The highest BCUT2D eigenvalue weighted by Gasteiger charge is 2.22. The third-order valence-electron chi connectivity index (χ3n) is 3.57. The molecule has 128 valence electrons. The van der Waals surface area contributed by atoms with E-state index < -0.39 is 5.41 Å². The van der Waals surface area contributed by atoms with Gasteiger partial charge in [-0.1, -0.05) is 39.0 Å². The van der Waals surface area contributed by atoms with Gasteiger partial charge in [-0.25, -0.2) is 4.98 Å². The first kappa shape index (κ1) is 17.1. The summed E-state index contributed by atoms with van der Waals surface area (Å²) in [6.45, 7) is 5.49. The molecule has 1 amide bonds. The van der Waals surface area contributed by atoms with Crippen LogP contribution in [0.5, 0.6) is 0 Å². The molecule has 0 atom stereocenters. The molecule has 1 aromatic heterocycles. The lowest BCUT2D eigenvalue weighted by Gasteiger charge is -2.18. The van der Waals surface area contributed by atoms with Gasteiger partial charge in [-0.05, 0) is 42.5 Å². The van der Waals surface area contributed by atoms with Crippen LogP contribution in [0.3, 0.4) is 0 Å². The van der Waals surface area contributed by atoms with E-state index in [1.165, 1.54) is 0 Å². The molecule has 3 aromatic rings. The Morgan fingerprint density at radius 3 is 2.52 bits per heavy atom. The zero-order valence-electron chi connectivity index (χ0n) is 14.3. The van der Waals surface area contributed by atoms with Crippen LogP contribution >= 0.6 is 12.2 Å². The molecule has 0 saturated carbocycles. The van der Waals surface area contributed by atoms with Crippen molar-refractivity contribution in [1.82, 2.24) is 10.3 Å². The Hall–Kier alpha value is -2.73. The number of amides is 1. The van der Waals surface area contributed by atoms with Gasteiger partial charge >= 0.3 is 0 Å². The summed E-state index contributed by atoms with van der Waals surface area (Å²) < 4.78 is 5.78. The number of rotatable bonds is 2. The van der Waals surface area contributed by atoms with Gasteiger partial charge in [-0.15, -0.1) is 0 Å². The van der Waals surface area contributed by atoms with Gasteiger partial charge in [0.1, 0.15) is 5.52 Å². The van der Waals surface area contributed by atoms with Crippen molar-refractivity contribution in [1.29, 1.82) is 0 Å². The smallest absolute Gasteiger partial charge is 0.231 e. The highest BCUT2D eigenvalue weighted by atomic mass is 32.1. The van der Waals surface area contributed by atoms with Crippen molar-refractivity contribution in [2.75, 3.05) is 5.32 Å². The van der Waals surface area contributed by atoms with E-state index in [1.807, 2.05) is 69.3 Å². The number of fused-ring (bicyclic) bond motifs is 1. The first-order valence-corrected chi connectivity index (χ1v) is 8.32. The minimum absolute atomic E-state index is 0.140. The topological polar surface area (TPSA) is 67.2 Å². The quantitative estimate of drug-likeness (QED) is 0.670. The predicted octanol–water partition coefficient (Wildman–Crippen LogP) is 4.35. The molecule has 0 spiro atoms. The molecule has 2 N–H and O–H groups in total. The van der Waals surface area contributed by atoms with Gasteiger partial charge < -0.3 is 15.1 Å². The molecule has 0 aliphatic rings. The normalized spacial score (nSPS) is 11.3. The van der Waals surface area contributed by atoms with Gasteiger partial charge in [-0.3, -0.25) is 4.79 Å². The number of anilines is 1. The van der Waals surface area contributed by atoms with Crippen LogP contribution in [0.4, 0.5) is 5.69 Å². The lowest BCUT2D eigenvalue weighted by molar-refractivity contribution is -0.126. The third kappa shape index (κ3) is 4.03. The summed E-state index contributed by atoms with van der Waals surface area (Å²) in [5.41, 5.74) is 2.55. The number of aromatic nitrogens is 1. The number of thiocarbonyl (C=S) groups is 1. The van der Waals surface area contributed by atoms with Crippen LogP contribution in [0.2, 0.25) is 0 Å². The van der Waals surface area contributed by atoms with Crippen molar-refractivity contribution in [2.45, 2.75) is 20.8 Å². The summed E-state index contributed by atoms with van der Waals surface area (Å²) >= 11 is 5.20. The van der Waals surface area contributed by atoms with E-state index >= 15 is 0 Å². The molecule has 0 aliphatic carbocycles. The zero-order valence-corrected chi connectivity index (χ0v) is 15.1. The van der Waals surface area contributed by atoms with Gasteiger partial charge in [0.15, 0.2) is 10.7 Å². The number of carbonyl (C=O) groups excluding carboxylic acids is 1. The Balaban J connectivity index is 1.77. The maximum atomic E-state index is 12.0. The molecular formula is C19H19N3O2S. The van der Waals surface area contributed by atoms with E-state index in [4.69, 9.17) is 16.6 Å². The van der Waals surface area contributed by atoms with Crippen LogP contribution in [0.1, 0.15) is 20.8 Å². The first-order valence-electron chi connectivity index (χ1n) is 7.91. The zero-order chi connectivity index (χ0) is 18.0. The maximum absolute atomic E-state index is 12.0. The average Bonchev–Trinajstić information content (AvgIpc) is 2.98. The molecule has 0 radical (unpaired) electrons. The van der Waals surface area contributed by atoms with Gasteiger partial charge in [0.05, 0.1) is 0 Å². The van der Waals surface area contributed by atoms with Crippen LogP contribution in [0.25, 0.3) is 22.6 Å². The van der Waals surface area contributed by atoms with E-state index in [2.05, 4.69) is 15.6 Å². The van der Waals surface area contributed by atoms with Crippen molar-refractivity contribution in [3.8, 4) is 11.5 Å². The number of nitrogens with zero attached hydrogens (tertiary/aromatic N) is 1. The minimum Gasteiger partial charge on any atom is -0.436 e. The molecule has 5 nitrogen and oxygen atoms in total. The molecule has 2 aromatic carbocycles. The second-order valence-corrected chi connectivity index (χ2v) is 7.13. The van der Waals surface area contributed by atoms with Gasteiger partial charge in [0.25, 0.3) is 0 Å². The molecule has 25 heavy (non-hydrogen) atoms. The summed E-state index contributed by atoms with van der Waals surface area (Å²) in [6, 6.07) is 15.2. The number of hydrogen-bond acceptors (Lipinski definition) is 4. The first-order chi connectivity index (χ1) is 11.8. The standard InChI is InChI=1S/C19H19N3O2S/c1-19(2,3)17(23)22-18(25)20-13-9-10-15-14(11-13)21-16(24-15)12-7-5-4-6-8-12/h4-11H,1-3H3,(H2,20,22,23,25). The largest absolute Gasteiger partial charge is 0.436 e. The number of hydrogen-bond donors (Lipinski definition) is 2. The highest BCUT2D eigenvalue weighted by Crippen LogP contribution is 2.26. The predicted molar refractivity (Wildman–Crippen MR) is 103 cm³/mol.